The quantitative estimate of drug-likeness (QED) is 0.172. The van der Waals surface area contributed by atoms with Crippen molar-refractivity contribution in [3.05, 3.63) is 204 Å². The fourth-order valence-electron chi connectivity index (χ4n) is 8.62. The number of aromatic nitrogens is 1. The Hall–Kier alpha value is -6.44. The fraction of sp³-hybridized carbons (Fsp3) is 0.111. The number of benzene rings is 8. The molecule has 1 aliphatic carbocycles. The molecule has 0 saturated heterocycles. The molecule has 0 bridgehead atoms. The molecule has 55 heavy (non-hydrogen) atoms. The molecule has 0 unspecified atom stereocenters. The van der Waals surface area contributed by atoms with E-state index >= 15 is 0 Å². The Kier molecular flexibility index (Phi) is 8.59. The van der Waals surface area contributed by atoms with Crippen LogP contribution in [0.25, 0.3) is 77.7 Å². The Labute approximate surface area is 324 Å². The van der Waals surface area contributed by atoms with Gasteiger partial charge < -0.3 is 4.57 Å². The number of fused-ring (bicyclic) bond motifs is 8. The van der Waals surface area contributed by atoms with Crippen LogP contribution in [0.15, 0.2) is 176 Å². The van der Waals surface area contributed by atoms with E-state index in [-0.39, 0.29) is 5.41 Å². The van der Waals surface area contributed by atoms with Crippen molar-refractivity contribution in [3.8, 4) is 39.1 Å². The minimum atomic E-state index is -0.0496. The van der Waals surface area contributed by atoms with Gasteiger partial charge in [0, 0.05) is 27.3 Å². The van der Waals surface area contributed by atoms with Crippen LogP contribution in [0, 0.1) is 13.8 Å². The van der Waals surface area contributed by atoms with Crippen molar-refractivity contribution >= 4 is 38.7 Å². The monoisotopic (exact) mass is 707 g/mol. The summed E-state index contributed by atoms with van der Waals surface area (Å²) in [4.78, 5) is 0. The Morgan fingerprint density at radius 2 is 1.16 bits per heavy atom. The van der Waals surface area contributed by atoms with Gasteiger partial charge in [-0.3, -0.25) is 0 Å². The highest BCUT2D eigenvalue weighted by Gasteiger charge is 2.35. The number of hydrogen-bond acceptors (Lipinski definition) is 0. The number of rotatable bonds is 4. The van der Waals surface area contributed by atoms with Crippen molar-refractivity contribution in [2.75, 3.05) is 0 Å². The second kappa shape index (κ2) is 13.8. The van der Waals surface area contributed by atoms with Crippen LogP contribution in [0.3, 0.4) is 0 Å². The van der Waals surface area contributed by atoms with E-state index in [4.69, 9.17) is 0 Å². The molecule has 0 fully saturated rings. The van der Waals surface area contributed by atoms with Crippen LogP contribution in [0.1, 0.15) is 48.6 Å². The van der Waals surface area contributed by atoms with Gasteiger partial charge >= 0.3 is 0 Å². The van der Waals surface area contributed by atoms with E-state index in [1.807, 2.05) is 6.07 Å². The molecule has 8 aromatic carbocycles. The molecule has 1 heterocycles. The van der Waals surface area contributed by atoms with Crippen molar-refractivity contribution in [2.45, 2.75) is 40.0 Å². The van der Waals surface area contributed by atoms with E-state index in [0.717, 1.165) is 0 Å². The minimum absolute atomic E-state index is 0.0496. The highest BCUT2D eigenvalue weighted by Crippen LogP contribution is 2.49. The van der Waals surface area contributed by atoms with Crippen molar-refractivity contribution in [3.63, 3.8) is 0 Å². The summed E-state index contributed by atoms with van der Waals surface area (Å²) in [7, 11) is 0. The van der Waals surface area contributed by atoms with Crippen LogP contribution in [0.2, 0.25) is 0 Å². The molecule has 0 radical (unpaired) electrons. The van der Waals surface area contributed by atoms with Gasteiger partial charge in [-0.05, 0) is 112 Å². The third-order valence-electron chi connectivity index (χ3n) is 11.6. The van der Waals surface area contributed by atoms with Gasteiger partial charge in [-0.15, -0.1) is 0 Å². The van der Waals surface area contributed by atoms with E-state index in [0.29, 0.717) is 0 Å². The maximum atomic E-state index is 2.50. The van der Waals surface area contributed by atoms with Crippen LogP contribution in [-0.2, 0) is 5.41 Å². The topological polar surface area (TPSA) is 4.93 Å². The van der Waals surface area contributed by atoms with Gasteiger partial charge in [0.15, 0.2) is 0 Å². The first-order valence-electron chi connectivity index (χ1n) is 19.4. The highest BCUT2D eigenvalue weighted by atomic mass is 15.0. The molecule has 0 spiro atoms. The maximum Gasteiger partial charge on any atom is 0.0619 e. The molecule has 0 atom stereocenters. The molecular formula is C54H45N. The molecule has 0 aliphatic heterocycles. The summed E-state index contributed by atoms with van der Waals surface area (Å²) in [6, 6.07) is 62.2. The number of aryl methyl sites for hydroxylation is 2. The largest absolute Gasteiger partial charge is 0.309 e. The third-order valence-corrected chi connectivity index (χ3v) is 11.6. The predicted molar refractivity (Wildman–Crippen MR) is 237 cm³/mol. The average molecular weight is 708 g/mol. The lowest BCUT2D eigenvalue weighted by molar-refractivity contribution is 0.660. The second-order valence-electron chi connectivity index (χ2n) is 15.5. The molecule has 10 rings (SSSR count). The molecule has 0 amide bonds. The molecule has 0 N–H and O–H groups in total. The number of hydrogen-bond donors (Lipinski definition) is 0. The smallest absolute Gasteiger partial charge is 0.0619 e. The highest BCUT2D eigenvalue weighted by molar-refractivity contribution is 6.19. The molecule has 9 aromatic rings. The Morgan fingerprint density at radius 3 is 1.98 bits per heavy atom. The zero-order valence-electron chi connectivity index (χ0n) is 32.3. The van der Waals surface area contributed by atoms with Crippen LogP contribution in [-0.4, -0.2) is 4.57 Å². The molecular weight excluding hydrogens is 663 g/mol. The van der Waals surface area contributed by atoms with Crippen LogP contribution in [0.4, 0.5) is 0 Å². The summed E-state index contributed by atoms with van der Waals surface area (Å²) in [5.41, 5.74) is 18.1. The summed E-state index contributed by atoms with van der Waals surface area (Å²) in [6.07, 6.45) is 4.31. The van der Waals surface area contributed by atoms with Gasteiger partial charge in [-0.25, -0.2) is 0 Å². The summed E-state index contributed by atoms with van der Waals surface area (Å²) in [5.74, 6) is 0. The number of allylic oxidation sites excluding steroid dienone is 1. The molecule has 1 aliphatic rings. The van der Waals surface area contributed by atoms with E-state index in [9.17, 15) is 0 Å². The summed E-state index contributed by atoms with van der Waals surface area (Å²) >= 11 is 0. The first-order chi connectivity index (χ1) is 26.8. The van der Waals surface area contributed by atoms with Gasteiger partial charge in [0.1, 0.15) is 0 Å². The Morgan fingerprint density at radius 1 is 0.491 bits per heavy atom. The lowest BCUT2D eigenvalue weighted by atomic mass is 9.82. The van der Waals surface area contributed by atoms with Crippen LogP contribution in [0.5, 0.6) is 0 Å². The van der Waals surface area contributed by atoms with E-state index < -0.39 is 0 Å². The van der Waals surface area contributed by atoms with E-state index in [2.05, 4.69) is 215 Å². The first kappa shape index (κ1) is 34.3. The molecule has 1 heteroatoms. The van der Waals surface area contributed by atoms with Crippen LogP contribution < -0.4 is 0 Å². The van der Waals surface area contributed by atoms with Crippen molar-refractivity contribution in [1.82, 2.24) is 4.57 Å². The first-order valence-corrected chi connectivity index (χ1v) is 19.4. The fourth-order valence-corrected chi connectivity index (χ4v) is 8.62. The lowest BCUT2D eigenvalue weighted by Crippen LogP contribution is -2.15. The molecule has 1 aromatic heterocycles. The van der Waals surface area contributed by atoms with Crippen molar-refractivity contribution in [2.24, 2.45) is 0 Å². The van der Waals surface area contributed by atoms with Crippen molar-refractivity contribution < 1.29 is 0 Å². The van der Waals surface area contributed by atoms with Crippen LogP contribution >= 0.6 is 0 Å². The Balaban J connectivity index is 0.000000258. The zero-order chi connectivity index (χ0) is 37.7. The van der Waals surface area contributed by atoms with Gasteiger partial charge in [0.2, 0.25) is 0 Å². The molecule has 1 nitrogen and oxygen atoms in total. The minimum Gasteiger partial charge on any atom is -0.309 e. The second-order valence-corrected chi connectivity index (χ2v) is 15.5. The predicted octanol–water partition coefficient (Wildman–Crippen LogP) is 14.9. The summed E-state index contributed by atoms with van der Waals surface area (Å²) in [5, 5.41) is 5.11. The van der Waals surface area contributed by atoms with Gasteiger partial charge in [-0.1, -0.05) is 171 Å². The molecule has 266 valence electrons. The SMILES string of the molecule is C/C=C\c1cc(-c2ccc3c(c2)c2ccc4ccccc4c2n3-c2ccc3c(c2)C(C)(C)c2ccccc2-3)ccc1C.Cc1ccc(-c2ccccc2)cc1. The maximum absolute atomic E-state index is 2.50. The normalized spacial score (nSPS) is 12.9. The third kappa shape index (κ3) is 5.97. The lowest BCUT2D eigenvalue weighted by Gasteiger charge is -2.22. The van der Waals surface area contributed by atoms with E-state index in [1.54, 1.807) is 0 Å². The summed E-state index contributed by atoms with van der Waals surface area (Å²) in [6.45, 7) is 11.1. The summed E-state index contributed by atoms with van der Waals surface area (Å²) < 4.78 is 2.50. The van der Waals surface area contributed by atoms with Crippen molar-refractivity contribution in [1.29, 1.82) is 0 Å². The van der Waals surface area contributed by atoms with Gasteiger partial charge in [0.05, 0.1) is 11.0 Å². The zero-order valence-corrected chi connectivity index (χ0v) is 32.3. The number of nitrogens with zero attached hydrogens (tertiary/aromatic N) is 1. The van der Waals surface area contributed by atoms with Gasteiger partial charge in [-0.2, -0.15) is 0 Å². The van der Waals surface area contributed by atoms with Gasteiger partial charge in [0.25, 0.3) is 0 Å². The molecule has 0 saturated carbocycles. The Bertz CT molecular complexity index is 2900. The standard InChI is InChI=1S/C41H33N.C13H12/c1-5-10-28-23-29(16-15-26(28)2)30-18-22-39-36(24-30)35-20-17-27-11-6-7-12-32(27)40(35)42(39)31-19-21-34-33-13-8-9-14-37(33)41(3,4)38(34)25-31;1-11-7-9-13(10-8-11)12-5-3-2-4-6-12/h5-25H,1-4H3;2-10H,1H3/b10-5-;. The average Bonchev–Trinajstić information content (AvgIpc) is 3.68. The van der Waals surface area contributed by atoms with E-state index in [1.165, 1.54) is 99.5 Å².